The SMILES string of the molecule is NCCCCCCCC(N)=O. The highest BCUT2D eigenvalue weighted by atomic mass is 16.1. The Morgan fingerprint density at radius 3 is 2.09 bits per heavy atom. The minimum atomic E-state index is -0.191. The van der Waals surface area contributed by atoms with E-state index in [2.05, 4.69) is 0 Å². The van der Waals surface area contributed by atoms with E-state index in [9.17, 15) is 4.79 Å². The molecule has 0 rings (SSSR count). The number of carbonyl (C=O) groups is 1. The fourth-order valence-electron chi connectivity index (χ4n) is 0.974. The fourth-order valence-corrected chi connectivity index (χ4v) is 0.974. The van der Waals surface area contributed by atoms with Crippen molar-refractivity contribution in [3.8, 4) is 0 Å². The fraction of sp³-hybridized carbons (Fsp3) is 0.875. The third-order valence-electron chi connectivity index (χ3n) is 1.63. The standard InChI is InChI=1S/C8H18N2O/c9-7-5-3-1-2-4-6-8(10)11/h1-7,9H2,(H2,10,11). The molecule has 0 heterocycles. The lowest BCUT2D eigenvalue weighted by Gasteiger charge is -1.97. The molecule has 3 heteroatoms. The highest BCUT2D eigenvalue weighted by Crippen LogP contribution is 2.03. The minimum absolute atomic E-state index is 0.191. The van der Waals surface area contributed by atoms with Gasteiger partial charge in [-0.25, -0.2) is 0 Å². The Morgan fingerprint density at radius 2 is 1.55 bits per heavy atom. The van der Waals surface area contributed by atoms with Crippen LogP contribution in [0.4, 0.5) is 0 Å². The average molecular weight is 158 g/mol. The van der Waals surface area contributed by atoms with Gasteiger partial charge in [-0.05, 0) is 19.4 Å². The lowest BCUT2D eigenvalue weighted by atomic mass is 10.1. The summed E-state index contributed by atoms with van der Waals surface area (Å²) in [6.07, 6.45) is 6.00. The molecule has 0 aromatic carbocycles. The summed E-state index contributed by atoms with van der Waals surface area (Å²) in [4.78, 5) is 10.3. The van der Waals surface area contributed by atoms with Gasteiger partial charge in [-0.2, -0.15) is 0 Å². The Bertz CT molecular complexity index is 104. The van der Waals surface area contributed by atoms with Crippen LogP contribution in [0.5, 0.6) is 0 Å². The molecule has 0 aliphatic heterocycles. The molecule has 0 spiro atoms. The van der Waals surface area contributed by atoms with Crippen LogP contribution in [0.15, 0.2) is 0 Å². The second kappa shape index (κ2) is 7.54. The second-order valence-corrected chi connectivity index (χ2v) is 2.77. The maximum Gasteiger partial charge on any atom is 0.217 e. The number of rotatable bonds is 7. The van der Waals surface area contributed by atoms with Gasteiger partial charge in [-0.15, -0.1) is 0 Å². The summed E-state index contributed by atoms with van der Waals surface area (Å²) in [5.74, 6) is -0.191. The second-order valence-electron chi connectivity index (χ2n) is 2.77. The average Bonchev–Trinajstić information content (AvgIpc) is 1.96. The van der Waals surface area contributed by atoms with Crippen LogP contribution in [0.25, 0.3) is 0 Å². The van der Waals surface area contributed by atoms with E-state index in [0.717, 1.165) is 25.8 Å². The number of amides is 1. The summed E-state index contributed by atoms with van der Waals surface area (Å²) >= 11 is 0. The number of nitrogens with two attached hydrogens (primary N) is 2. The molecule has 0 fully saturated rings. The van der Waals surface area contributed by atoms with Crippen LogP contribution in [-0.2, 0) is 4.79 Å². The summed E-state index contributed by atoms with van der Waals surface area (Å²) in [5, 5.41) is 0. The van der Waals surface area contributed by atoms with E-state index in [1.54, 1.807) is 0 Å². The molecule has 0 atom stereocenters. The largest absolute Gasteiger partial charge is 0.370 e. The van der Waals surface area contributed by atoms with Gasteiger partial charge >= 0.3 is 0 Å². The first-order chi connectivity index (χ1) is 5.27. The Labute approximate surface area is 68.1 Å². The molecule has 66 valence electrons. The molecule has 3 nitrogen and oxygen atoms in total. The van der Waals surface area contributed by atoms with Crippen LogP contribution in [0, 0.1) is 0 Å². The van der Waals surface area contributed by atoms with Gasteiger partial charge in [0, 0.05) is 6.42 Å². The Hall–Kier alpha value is -0.570. The highest BCUT2D eigenvalue weighted by Gasteiger charge is 1.93. The van der Waals surface area contributed by atoms with Crippen molar-refractivity contribution in [1.29, 1.82) is 0 Å². The van der Waals surface area contributed by atoms with E-state index in [1.165, 1.54) is 12.8 Å². The first-order valence-electron chi connectivity index (χ1n) is 4.25. The molecule has 0 unspecified atom stereocenters. The summed E-state index contributed by atoms with van der Waals surface area (Å²) < 4.78 is 0. The number of primary amides is 1. The predicted octanol–water partition coefficient (Wildman–Crippen LogP) is 0.771. The van der Waals surface area contributed by atoms with Crippen LogP contribution in [0.2, 0.25) is 0 Å². The molecule has 0 aromatic heterocycles. The molecule has 0 bridgehead atoms. The van der Waals surface area contributed by atoms with Crippen LogP contribution in [0.1, 0.15) is 38.5 Å². The molecule has 0 radical (unpaired) electrons. The number of hydrogen-bond donors (Lipinski definition) is 2. The normalized spacial score (nSPS) is 9.91. The van der Waals surface area contributed by atoms with Crippen LogP contribution in [0.3, 0.4) is 0 Å². The summed E-state index contributed by atoms with van der Waals surface area (Å²) in [7, 11) is 0. The molecular weight excluding hydrogens is 140 g/mol. The van der Waals surface area contributed by atoms with Crippen molar-refractivity contribution in [2.24, 2.45) is 11.5 Å². The lowest BCUT2D eigenvalue weighted by molar-refractivity contribution is -0.118. The summed E-state index contributed by atoms with van der Waals surface area (Å²) in [6.45, 7) is 0.774. The van der Waals surface area contributed by atoms with Gasteiger partial charge in [-0.3, -0.25) is 4.79 Å². The molecule has 0 saturated carbocycles. The quantitative estimate of drug-likeness (QED) is 0.537. The zero-order chi connectivity index (χ0) is 8.53. The van der Waals surface area contributed by atoms with E-state index in [0.29, 0.717) is 6.42 Å². The first kappa shape index (κ1) is 10.4. The van der Waals surface area contributed by atoms with Crippen molar-refractivity contribution in [2.75, 3.05) is 6.54 Å². The maximum atomic E-state index is 10.3. The number of hydrogen-bond acceptors (Lipinski definition) is 2. The van der Waals surface area contributed by atoms with Gasteiger partial charge in [0.15, 0.2) is 0 Å². The van der Waals surface area contributed by atoms with Crippen LogP contribution < -0.4 is 11.5 Å². The molecule has 0 saturated heterocycles. The zero-order valence-corrected chi connectivity index (χ0v) is 7.01. The molecule has 0 aliphatic rings. The van der Waals surface area contributed by atoms with E-state index < -0.39 is 0 Å². The first-order valence-corrected chi connectivity index (χ1v) is 4.25. The van der Waals surface area contributed by atoms with Gasteiger partial charge in [0.1, 0.15) is 0 Å². The number of carbonyl (C=O) groups excluding carboxylic acids is 1. The topological polar surface area (TPSA) is 69.1 Å². The minimum Gasteiger partial charge on any atom is -0.370 e. The van der Waals surface area contributed by atoms with Crippen molar-refractivity contribution in [2.45, 2.75) is 38.5 Å². The van der Waals surface area contributed by atoms with Gasteiger partial charge in [0.2, 0.25) is 5.91 Å². The summed E-state index contributed by atoms with van der Waals surface area (Å²) in [6, 6.07) is 0. The smallest absolute Gasteiger partial charge is 0.217 e. The van der Waals surface area contributed by atoms with Crippen molar-refractivity contribution >= 4 is 5.91 Å². The van der Waals surface area contributed by atoms with Gasteiger partial charge in [0.05, 0.1) is 0 Å². The Balaban J connectivity index is 2.85. The van der Waals surface area contributed by atoms with Gasteiger partial charge in [-0.1, -0.05) is 19.3 Å². The van der Waals surface area contributed by atoms with Gasteiger partial charge < -0.3 is 11.5 Å². The van der Waals surface area contributed by atoms with E-state index in [-0.39, 0.29) is 5.91 Å². The molecule has 1 amide bonds. The third-order valence-corrected chi connectivity index (χ3v) is 1.63. The Morgan fingerprint density at radius 1 is 1.00 bits per heavy atom. The third kappa shape index (κ3) is 9.43. The van der Waals surface area contributed by atoms with E-state index >= 15 is 0 Å². The maximum absolute atomic E-state index is 10.3. The molecule has 0 aromatic rings. The van der Waals surface area contributed by atoms with Crippen LogP contribution >= 0.6 is 0 Å². The summed E-state index contributed by atoms with van der Waals surface area (Å²) in [5.41, 5.74) is 10.3. The molecule has 11 heavy (non-hydrogen) atoms. The van der Waals surface area contributed by atoms with Crippen molar-refractivity contribution in [3.05, 3.63) is 0 Å². The molecular formula is C8H18N2O. The van der Waals surface area contributed by atoms with E-state index in [4.69, 9.17) is 11.5 Å². The van der Waals surface area contributed by atoms with Crippen molar-refractivity contribution in [3.63, 3.8) is 0 Å². The van der Waals surface area contributed by atoms with Gasteiger partial charge in [0.25, 0.3) is 0 Å². The Kier molecular flexibility index (Phi) is 7.15. The zero-order valence-electron chi connectivity index (χ0n) is 7.01. The predicted molar refractivity (Wildman–Crippen MR) is 46.0 cm³/mol. The van der Waals surface area contributed by atoms with Crippen molar-refractivity contribution in [1.82, 2.24) is 0 Å². The van der Waals surface area contributed by atoms with E-state index in [1.807, 2.05) is 0 Å². The van der Waals surface area contributed by atoms with Crippen molar-refractivity contribution < 1.29 is 4.79 Å². The number of unbranched alkanes of at least 4 members (excludes halogenated alkanes) is 4. The highest BCUT2D eigenvalue weighted by molar-refractivity contribution is 5.73. The molecule has 4 N–H and O–H groups in total. The lowest BCUT2D eigenvalue weighted by Crippen LogP contribution is -2.09. The monoisotopic (exact) mass is 158 g/mol. The molecule has 0 aliphatic carbocycles. The van der Waals surface area contributed by atoms with Crippen LogP contribution in [-0.4, -0.2) is 12.5 Å².